The predicted octanol–water partition coefficient (Wildman–Crippen LogP) is 2.68. The zero-order valence-electron chi connectivity index (χ0n) is 17.3. The number of likely N-dealkylation sites (tertiary alicyclic amines) is 2. The average Bonchev–Trinajstić information content (AvgIpc) is 3.15. The molecule has 0 spiro atoms. The fraction of sp³-hybridized carbons (Fsp3) is 0.609. The first-order valence-electron chi connectivity index (χ1n) is 11.0. The molecule has 2 atom stereocenters. The molecule has 1 aromatic rings. The topological polar surface area (TPSA) is 60.9 Å². The lowest BCUT2D eigenvalue weighted by molar-refractivity contribution is -0.144. The molecule has 1 aromatic carbocycles. The van der Waals surface area contributed by atoms with E-state index in [0.717, 1.165) is 37.9 Å². The first-order chi connectivity index (χ1) is 14.0. The van der Waals surface area contributed by atoms with Crippen LogP contribution < -0.4 is 4.90 Å². The van der Waals surface area contributed by atoms with Crippen LogP contribution in [0.3, 0.4) is 0 Å². The molecule has 3 aliphatic rings. The summed E-state index contributed by atoms with van der Waals surface area (Å²) < 4.78 is 0. The summed E-state index contributed by atoms with van der Waals surface area (Å²) in [6, 6.07) is 9.88. The largest absolute Gasteiger partial charge is 0.342 e. The van der Waals surface area contributed by atoms with Crippen LogP contribution in [0.5, 0.6) is 0 Å². The lowest BCUT2D eigenvalue weighted by Crippen LogP contribution is -2.49. The number of para-hydroxylation sites is 1. The Morgan fingerprint density at radius 3 is 2.31 bits per heavy atom. The van der Waals surface area contributed by atoms with Gasteiger partial charge >= 0.3 is 0 Å². The normalized spacial score (nSPS) is 26.1. The van der Waals surface area contributed by atoms with Gasteiger partial charge in [0.05, 0.1) is 5.92 Å². The van der Waals surface area contributed by atoms with E-state index in [1.54, 1.807) is 4.90 Å². The molecule has 6 nitrogen and oxygen atoms in total. The van der Waals surface area contributed by atoms with Crippen molar-refractivity contribution < 1.29 is 14.4 Å². The van der Waals surface area contributed by atoms with E-state index in [1.165, 1.54) is 6.42 Å². The number of hydrogen-bond acceptors (Lipinski definition) is 3. The van der Waals surface area contributed by atoms with Gasteiger partial charge in [-0.25, -0.2) is 0 Å². The zero-order chi connectivity index (χ0) is 20.4. The number of hydrogen-bond donors (Lipinski definition) is 0. The standard InChI is InChI=1S/C23H31N3O3/c1-17-7-5-6-12-25(17)23(29)18-10-13-24(14-11-18)22(28)19-15-21(27)26(16-19)20-8-3-2-4-9-20/h2-4,8-9,17-19H,5-7,10-16H2,1H3. The zero-order valence-corrected chi connectivity index (χ0v) is 17.3. The third-order valence-corrected chi connectivity index (χ3v) is 6.78. The summed E-state index contributed by atoms with van der Waals surface area (Å²) in [5, 5.41) is 0. The van der Waals surface area contributed by atoms with Crippen molar-refractivity contribution in [2.24, 2.45) is 11.8 Å². The van der Waals surface area contributed by atoms with Crippen LogP contribution in [0.4, 0.5) is 5.69 Å². The van der Waals surface area contributed by atoms with Crippen molar-refractivity contribution >= 4 is 23.4 Å². The van der Waals surface area contributed by atoms with Gasteiger partial charge in [0.1, 0.15) is 0 Å². The van der Waals surface area contributed by atoms with Gasteiger partial charge in [-0.2, -0.15) is 0 Å². The maximum Gasteiger partial charge on any atom is 0.228 e. The van der Waals surface area contributed by atoms with E-state index in [-0.39, 0.29) is 36.0 Å². The summed E-state index contributed by atoms with van der Waals surface area (Å²) in [4.78, 5) is 44.0. The molecule has 0 radical (unpaired) electrons. The fourth-order valence-electron chi connectivity index (χ4n) is 5.00. The molecule has 0 aromatic heterocycles. The van der Waals surface area contributed by atoms with Crippen LogP contribution in [0.25, 0.3) is 0 Å². The van der Waals surface area contributed by atoms with Gasteiger partial charge in [0.2, 0.25) is 17.7 Å². The number of anilines is 1. The molecule has 3 amide bonds. The summed E-state index contributed by atoms with van der Waals surface area (Å²) in [6.45, 7) is 4.71. The van der Waals surface area contributed by atoms with Gasteiger partial charge in [0.25, 0.3) is 0 Å². The third kappa shape index (κ3) is 4.16. The summed E-state index contributed by atoms with van der Waals surface area (Å²) in [5.41, 5.74) is 0.854. The van der Waals surface area contributed by atoms with Crippen molar-refractivity contribution in [1.82, 2.24) is 9.80 Å². The van der Waals surface area contributed by atoms with Crippen LogP contribution in [0.1, 0.15) is 45.4 Å². The quantitative estimate of drug-likeness (QED) is 0.788. The van der Waals surface area contributed by atoms with Gasteiger partial charge in [-0.1, -0.05) is 18.2 Å². The number of carbonyl (C=O) groups excluding carboxylic acids is 3. The molecule has 6 heteroatoms. The highest BCUT2D eigenvalue weighted by atomic mass is 16.2. The van der Waals surface area contributed by atoms with E-state index >= 15 is 0 Å². The van der Waals surface area contributed by atoms with E-state index in [9.17, 15) is 14.4 Å². The Labute approximate surface area is 172 Å². The minimum atomic E-state index is -0.280. The second-order valence-electron chi connectivity index (χ2n) is 8.72. The van der Waals surface area contributed by atoms with E-state index in [1.807, 2.05) is 35.2 Å². The van der Waals surface area contributed by atoms with Gasteiger partial charge in [-0.15, -0.1) is 0 Å². The molecule has 156 valence electrons. The molecule has 0 bridgehead atoms. The average molecular weight is 398 g/mol. The number of benzene rings is 1. The van der Waals surface area contributed by atoms with Crippen LogP contribution in [0.2, 0.25) is 0 Å². The maximum absolute atomic E-state index is 13.0. The third-order valence-electron chi connectivity index (χ3n) is 6.78. The van der Waals surface area contributed by atoms with Gasteiger partial charge in [0.15, 0.2) is 0 Å². The monoisotopic (exact) mass is 397 g/mol. The van der Waals surface area contributed by atoms with Crippen LogP contribution in [-0.4, -0.2) is 59.7 Å². The lowest BCUT2D eigenvalue weighted by atomic mass is 9.92. The molecule has 0 aliphatic carbocycles. The Morgan fingerprint density at radius 1 is 0.897 bits per heavy atom. The summed E-state index contributed by atoms with van der Waals surface area (Å²) in [7, 11) is 0. The Balaban J connectivity index is 1.31. The number of amides is 3. The van der Waals surface area contributed by atoms with Crippen molar-refractivity contribution in [3.8, 4) is 0 Å². The second-order valence-corrected chi connectivity index (χ2v) is 8.72. The minimum Gasteiger partial charge on any atom is -0.342 e. The molecule has 3 saturated heterocycles. The van der Waals surface area contributed by atoms with Crippen molar-refractivity contribution in [3.63, 3.8) is 0 Å². The minimum absolute atomic E-state index is 0.0127. The van der Waals surface area contributed by atoms with Gasteiger partial charge in [-0.3, -0.25) is 14.4 Å². The van der Waals surface area contributed by atoms with Crippen molar-refractivity contribution in [2.75, 3.05) is 31.1 Å². The molecular formula is C23H31N3O3. The SMILES string of the molecule is CC1CCCCN1C(=O)C1CCN(C(=O)C2CC(=O)N(c3ccccc3)C2)CC1. The Bertz CT molecular complexity index is 758. The van der Waals surface area contributed by atoms with Crippen molar-refractivity contribution in [2.45, 2.75) is 51.5 Å². The highest BCUT2D eigenvalue weighted by Gasteiger charge is 2.39. The highest BCUT2D eigenvalue weighted by Crippen LogP contribution is 2.29. The van der Waals surface area contributed by atoms with E-state index < -0.39 is 0 Å². The van der Waals surface area contributed by atoms with E-state index in [0.29, 0.717) is 25.7 Å². The number of nitrogens with zero attached hydrogens (tertiary/aromatic N) is 3. The van der Waals surface area contributed by atoms with Gasteiger partial charge < -0.3 is 14.7 Å². The fourth-order valence-corrected chi connectivity index (χ4v) is 5.00. The van der Waals surface area contributed by atoms with E-state index in [2.05, 4.69) is 11.8 Å². The molecule has 4 rings (SSSR count). The van der Waals surface area contributed by atoms with E-state index in [4.69, 9.17) is 0 Å². The maximum atomic E-state index is 13.0. The smallest absolute Gasteiger partial charge is 0.228 e. The molecular weight excluding hydrogens is 366 g/mol. The van der Waals surface area contributed by atoms with Crippen molar-refractivity contribution in [3.05, 3.63) is 30.3 Å². The van der Waals surface area contributed by atoms with Crippen molar-refractivity contribution in [1.29, 1.82) is 0 Å². The summed E-state index contributed by atoms with van der Waals surface area (Å²) in [5.74, 6) is 0.103. The molecule has 2 unspecified atom stereocenters. The number of piperidine rings is 2. The Morgan fingerprint density at radius 2 is 1.62 bits per heavy atom. The molecule has 3 fully saturated rings. The molecule has 0 saturated carbocycles. The molecule has 29 heavy (non-hydrogen) atoms. The second kappa shape index (κ2) is 8.56. The lowest BCUT2D eigenvalue weighted by Gasteiger charge is -2.39. The molecule has 0 N–H and O–H groups in total. The van der Waals surface area contributed by atoms with Gasteiger partial charge in [0, 0.05) is 50.2 Å². The van der Waals surface area contributed by atoms with Gasteiger partial charge in [-0.05, 0) is 51.2 Å². The molecule has 3 aliphatic heterocycles. The van der Waals surface area contributed by atoms with Crippen LogP contribution in [-0.2, 0) is 14.4 Å². The van der Waals surface area contributed by atoms with Crippen LogP contribution in [0, 0.1) is 11.8 Å². The first-order valence-corrected chi connectivity index (χ1v) is 11.0. The summed E-state index contributed by atoms with van der Waals surface area (Å²) >= 11 is 0. The Hall–Kier alpha value is -2.37. The first kappa shape index (κ1) is 19.9. The highest BCUT2D eigenvalue weighted by molar-refractivity contribution is 6.00. The predicted molar refractivity (Wildman–Crippen MR) is 111 cm³/mol. The Kier molecular flexibility index (Phi) is 5.88. The van der Waals surface area contributed by atoms with Crippen LogP contribution in [0.15, 0.2) is 30.3 Å². The van der Waals surface area contributed by atoms with Crippen LogP contribution >= 0.6 is 0 Å². The number of rotatable bonds is 3. The summed E-state index contributed by atoms with van der Waals surface area (Å²) in [6.07, 6.45) is 5.14. The number of carbonyl (C=O) groups is 3. The molecule has 3 heterocycles.